The first-order valence-electron chi connectivity index (χ1n) is 13.1. The molecule has 196 valence electrons. The van der Waals surface area contributed by atoms with Crippen molar-refractivity contribution in [3.05, 3.63) is 138 Å². The molecule has 4 aromatic carbocycles. The second kappa shape index (κ2) is 13.9. The van der Waals surface area contributed by atoms with Crippen molar-refractivity contribution >= 4 is 19.4 Å². The van der Waals surface area contributed by atoms with Crippen LogP contribution in [-0.2, 0) is 34.0 Å². The monoisotopic (exact) mass is 574 g/mol. The number of ether oxygens (including phenoxy) is 3. The Kier molecular flexibility index (Phi) is 9.79. The fraction of sp³-hybridized carbons (Fsp3) is 0.273. The van der Waals surface area contributed by atoms with E-state index in [4.69, 9.17) is 14.2 Å². The summed E-state index contributed by atoms with van der Waals surface area (Å²) < 4.78 is 21.0. The number of aliphatic hydroxyl groups is 1. The summed E-state index contributed by atoms with van der Waals surface area (Å²) in [6.45, 7) is 1.33. The summed E-state index contributed by atoms with van der Waals surface area (Å²) in [7, 11) is 0. The third kappa shape index (κ3) is 7.42. The van der Waals surface area contributed by atoms with Crippen LogP contribution >= 0.6 is 0 Å². The van der Waals surface area contributed by atoms with Crippen LogP contribution < -0.4 is 4.46 Å². The van der Waals surface area contributed by atoms with Gasteiger partial charge in [-0.05, 0) is 0 Å². The van der Waals surface area contributed by atoms with Crippen molar-refractivity contribution in [1.29, 1.82) is 0 Å². The van der Waals surface area contributed by atoms with Gasteiger partial charge in [-0.2, -0.15) is 0 Å². The van der Waals surface area contributed by atoms with Gasteiger partial charge in [0.15, 0.2) is 0 Å². The van der Waals surface area contributed by atoms with Gasteiger partial charge in [-0.1, -0.05) is 0 Å². The Morgan fingerprint density at radius 1 is 0.526 bits per heavy atom. The second-order valence-corrected chi connectivity index (χ2v) is 12.3. The van der Waals surface area contributed by atoms with Crippen molar-refractivity contribution in [3.63, 3.8) is 0 Å². The van der Waals surface area contributed by atoms with E-state index in [0.717, 1.165) is 16.7 Å². The molecule has 1 aliphatic carbocycles. The Hall–Kier alpha value is -2.76. The van der Waals surface area contributed by atoms with Gasteiger partial charge in [0, 0.05) is 0 Å². The van der Waals surface area contributed by atoms with Crippen LogP contribution in [0.2, 0.25) is 4.82 Å². The van der Waals surface area contributed by atoms with Gasteiger partial charge in [0.1, 0.15) is 0 Å². The summed E-state index contributed by atoms with van der Waals surface area (Å²) in [5.74, 6) is 0. The summed E-state index contributed by atoms with van der Waals surface area (Å²) >= 11 is 0.0996. The molecular weight excluding hydrogens is 539 g/mol. The average Bonchev–Trinajstić information content (AvgIpc) is 2.97. The van der Waals surface area contributed by atoms with Crippen LogP contribution in [0.5, 0.6) is 0 Å². The van der Waals surface area contributed by atoms with E-state index in [-0.39, 0.29) is 25.9 Å². The van der Waals surface area contributed by atoms with Crippen molar-refractivity contribution in [2.24, 2.45) is 0 Å². The summed E-state index contributed by atoms with van der Waals surface area (Å²) in [6.07, 6.45) is -1.17. The molecule has 1 saturated carbocycles. The van der Waals surface area contributed by atoms with Crippen LogP contribution in [0.3, 0.4) is 0 Å². The molecule has 0 radical (unpaired) electrons. The van der Waals surface area contributed by atoms with Crippen LogP contribution in [0, 0.1) is 0 Å². The van der Waals surface area contributed by atoms with E-state index in [0.29, 0.717) is 26.2 Å². The predicted octanol–water partition coefficient (Wildman–Crippen LogP) is 5.33. The first kappa shape index (κ1) is 26.8. The minimum absolute atomic E-state index is 0.0996. The molecule has 5 atom stereocenters. The van der Waals surface area contributed by atoms with Crippen molar-refractivity contribution in [2.45, 2.75) is 55.5 Å². The third-order valence-electron chi connectivity index (χ3n) is 6.75. The Balaban J connectivity index is 1.41. The zero-order chi connectivity index (χ0) is 26.0. The van der Waals surface area contributed by atoms with E-state index in [1.54, 1.807) is 0 Å². The number of benzene rings is 4. The van der Waals surface area contributed by atoms with Crippen molar-refractivity contribution in [2.75, 3.05) is 0 Å². The van der Waals surface area contributed by atoms with Gasteiger partial charge >= 0.3 is 232 Å². The Labute approximate surface area is 231 Å². The Morgan fingerprint density at radius 2 is 0.921 bits per heavy atom. The summed E-state index contributed by atoms with van der Waals surface area (Å²) in [4.78, 5) is 0.140. The fourth-order valence-corrected chi connectivity index (χ4v) is 7.59. The van der Waals surface area contributed by atoms with Crippen LogP contribution in [0.4, 0.5) is 0 Å². The molecule has 5 heteroatoms. The van der Waals surface area contributed by atoms with Crippen LogP contribution in [0.15, 0.2) is 121 Å². The first-order valence-corrected chi connectivity index (χ1v) is 15.0. The zero-order valence-corrected chi connectivity index (χ0v) is 23.1. The maximum absolute atomic E-state index is 11.4. The topological polar surface area (TPSA) is 47.9 Å². The molecule has 1 fully saturated rings. The molecule has 0 aliphatic heterocycles. The molecule has 0 aromatic heterocycles. The van der Waals surface area contributed by atoms with Gasteiger partial charge in [0.25, 0.3) is 0 Å². The van der Waals surface area contributed by atoms with Crippen molar-refractivity contribution in [1.82, 2.24) is 0 Å². The first-order chi connectivity index (χ1) is 18.8. The number of hydrogen-bond donors (Lipinski definition) is 1. The Bertz CT molecular complexity index is 1210. The molecule has 4 nitrogen and oxygen atoms in total. The SMILES string of the molecule is OC1C[C@H]([Se]c2ccccc2)[C@H](OCc2ccccc2)[C@@H](OCc2ccccc2)[C@@H]1OCc1ccccc1. The van der Waals surface area contributed by atoms with E-state index < -0.39 is 18.3 Å². The summed E-state index contributed by atoms with van der Waals surface area (Å²) in [6, 6.07) is 41.0. The molecule has 0 spiro atoms. The molecule has 4 aromatic rings. The van der Waals surface area contributed by atoms with Gasteiger partial charge in [-0.15, -0.1) is 0 Å². The summed E-state index contributed by atoms with van der Waals surface area (Å²) in [5, 5.41) is 11.4. The predicted molar refractivity (Wildman–Crippen MR) is 151 cm³/mol. The fourth-order valence-electron chi connectivity index (χ4n) is 4.81. The molecule has 1 N–H and O–H groups in total. The molecule has 0 amide bonds. The number of rotatable bonds is 11. The molecule has 0 bridgehead atoms. The normalized spacial score (nSPS) is 23.2. The molecule has 0 heterocycles. The van der Waals surface area contributed by atoms with E-state index >= 15 is 0 Å². The van der Waals surface area contributed by atoms with Crippen molar-refractivity contribution < 1.29 is 19.3 Å². The maximum atomic E-state index is 11.4. The van der Waals surface area contributed by atoms with Crippen LogP contribution in [-0.4, -0.2) is 44.5 Å². The molecule has 0 saturated heterocycles. The number of hydrogen-bond acceptors (Lipinski definition) is 4. The van der Waals surface area contributed by atoms with E-state index in [1.807, 2.05) is 72.8 Å². The number of aliphatic hydroxyl groups excluding tert-OH is 1. The zero-order valence-electron chi connectivity index (χ0n) is 21.3. The van der Waals surface area contributed by atoms with E-state index in [9.17, 15) is 5.11 Å². The van der Waals surface area contributed by atoms with Gasteiger partial charge in [0.05, 0.1) is 0 Å². The van der Waals surface area contributed by atoms with E-state index in [2.05, 4.69) is 48.5 Å². The molecule has 5 rings (SSSR count). The average molecular weight is 574 g/mol. The van der Waals surface area contributed by atoms with Crippen LogP contribution in [0.1, 0.15) is 23.1 Å². The van der Waals surface area contributed by atoms with Gasteiger partial charge < -0.3 is 0 Å². The van der Waals surface area contributed by atoms with E-state index in [1.165, 1.54) is 4.46 Å². The standard InChI is InChI=1S/C33H34O4Se/c34-29-21-30(38-28-19-11-4-12-20-28)32(36-23-26-15-7-2-8-16-26)33(37-24-27-17-9-3-10-18-27)31(29)35-22-25-13-5-1-6-14-25/h1-20,29-34H,21-24H2/t29?,30-,31+,32-,33-/m0/s1. The van der Waals surface area contributed by atoms with Gasteiger partial charge in [-0.25, -0.2) is 0 Å². The van der Waals surface area contributed by atoms with Gasteiger partial charge in [-0.3, -0.25) is 0 Å². The molecule has 1 unspecified atom stereocenters. The third-order valence-corrected chi connectivity index (χ3v) is 9.50. The minimum atomic E-state index is -0.647. The second-order valence-electron chi connectivity index (χ2n) is 9.56. The quantitative estimate of drug-likeness (QED) is 0.247. The summed E-state index contributed by atoms with van der Waals surface area (Å²) in [5.41, 5.74) is 3.27. The molecule has 38 heavy (non-hydrogen) atoms. The molecule has 1 aliphatic rings. The molecular formula is C33H34O4Se. The van der Waals surface area contributed by atoms with Crippen LogP contribution in [0.25, 0.3) is 0 Å². The van der Waals surface area contributed by atoms with Crippen molar-refractivity contribution in [3.8, 4) is 0 Å². The van der Waals surface area contributed by atoms with Gasteiger partial charge in [0.2, 0.25) is 0 Å². The Morgan fingerprint density at radius 3 is 1.39 bits per heavy atom.